The molecule has 0 saturated carbocycles. The van der Waals surface area contributed by atoms with Gasteiger partial charge in [0.25, 0.3) is 5.91 Å². The molecular weight excluding hydrogens is 475 g/mol. The molecule has 10 heteroatoms. The van der Waals surface area contributed by atoms with E-state index in [9.17, 15) is 14.0 Å². The van der Waals surface area contributed by atoms with Crippen LogP contribution in [0, 0.1) is 12.7 Å². The fourth-order valence-electron chi connectivity index (χ4n) is 3.52. The first-order valence-electron chi connectivity index (χ1n) is 11.6. The lowest BCUT2D eigenvalue weighted by Gasteiger charge is -2.12. The average molecular weight is 503 g/mol. The molecule has 0 aliphatic rings. The van der Waals surface area contributed by atoms with Crippen LogP contribution >= 0.6 is 0 Å². The molecule has 3 N–H and O–H groups in total. The number of carbonyl (C=O) groups is 2. The van der Waals surface area contributed by atoms with Crippen LogP contribution < -0.4 is 20.7 Å². The number of rotatable bonds is 7. The molecule has 37 heavy (non-hydrogen) atoms. The number of urea groups is 1. The number of nitrogens with zero attached hydrogens (tertiary/aromatic N) is 3. The van der Waals surface area contributed by atoms with Crippen molar-refractivity contribution in [3.8, 4) is 17.2 Å². The zero-order chi connectivity index (χ0) is 26.5. The molecule has 0 fully saturated rings. The van der Waals surface area contributed by atoms with E-state index in [2.05, 4.69) is 26.0 Å². The Balaban J connectivity index is 1.46. The van der Waals surface area contributed by atoms with Gasteiger partial charge in [-0.15, -0.1) is 0 Å². The van der Waals surface area contributed by atoms with Gasteiger partial charge in [-0.1, -0.05) is 26.0 Å². The van der Waals surface area contributed by atoms with E-state index >= 15 is 0 Å². The lowest BCUT2D eigenvalue weighted by Crippen LogP contribution is -2.21. The summed E-state index contributed by atoms with van der Waals surface area (Å²) in [5.41, 5.74) is 2.90. The summed E-state index contributed by atoms with van der Waals surface area (Å²) in [5.74, 6) is -0.630. The van der Waals surface area contributed by atoms with Crippen LogP contribution in [-0.4, -0.2) is 33.8 Å². The number of pyridine rings is 1. The van der Waals surface area contributed by atoms with E-state index in [1.54, 1.807) is 28.9 Å². The first-order valence-corrected chi connectivity index (χ1v) is 11.6. The number of ether oxygens (including phenoxy) is 1. The highest BCUT2D eigenvalue weighted by atomic mass is 19.1. The largest absolute Gasteiger partial charge is 0.454 e. The lowest BCUT2D eigenvalue weighted by molar-refractivity contribution is 0.0953. The Hall–Kier alpha value is -4.73. The molecule has 0 radical (unpaired) electrons. The van der Waals surface area contributed by atoms with Gasteiger partial charge in [0.05, 0.1) is 11.4 Å². The summed E-state index contributed by atoms with van der Waals surface area (Å²) in [5, 5.41) is 12.6. The van der Waals surface area contributed by atoms with E-state index < -0.39 is 17.8 Å². The summed E-state index contributed by atoms with van der Waals surface area (Å²) < 4.78 is 21.8. The predicted molar refractivity (Wildman–Crippen MR) is 139 cm³/mol. The van der Waals surface area contributed by atoms with E-state index in [0.717, 1.165) is 16.9 Å². The summed E-state index contributed by atoms with van der Waals surface area (Å²) in [7, 11) is 1.39. The molecule has 0 atom stereocenters. The molecule has 0 aliphatic heterocycles. The third-order valence-electron chi connectivity index (χ3n) is 5.44. The van der Waals surface area contributed by atoms with Crippen LogP contribution in [0.2, 0.25) is 0 Å². The van der Waals surface area contributed by atoms with Crippen molar-refractivity contribution in [3.63, 3.8) is 0 Å². The second kappa shape index (κ2) is 10.9. The van der Waals surface area contributed by atoms with Crippen LogP contribution in [0.15, 0.2) is 66.9 Å². The molecule has 4 rings (SSSR count). The Morgan fingerprint density at radius 1 is 1.03 bits per heavy atom. The third kappa shape index (κ3) is 5.92. The Morgan fingerprint density at radius 2 is 1.78 bits per heavy atom. The van der Waals surface area contributed by atoms with Crippen LogP contribution in [0.4, 0.5) is 20.7 Å². The molecule has 2 aromatic heterocycles. The molecule has 2 aromatic carbocycles. The Kier molecular flexibility index (Phi) is 7.47. The van der Waals surface area contributed by atoms with Gasteiger partial charge in [0, 0.05) is 31.1 Å². The second-order valence-corrected chi connectivity index (χ2v) is 8.62. The van der Waals surface area contributed by atoms with Crippen molar-refractivity contribution in [1.29, 1.82) is 0 Å². The zero-order valence-electron chi connectivity index (χ0n) is 20.9. The highest BCUT2D eigenvalue weighted by Gasteiger charge is 2.18. The topological polar surface area (TPSA) is 110 Å². The van der Waals surface area contributed by atoms with Gasteiger partial charge in [-0.3, -0.25) is 10.1 Å². The van der Waals surface area contributed by atoms with Gasteiger partial charge < -0.3 is 15.4 Å². The van der Waals surface area contributed by atoms with Gasteiger partial charge >= 0.3 is 6.03 Å². The number of halogens is 1. The number of hydrogen-bond donors (Lipinski definition) is 3. The maximum atomic E-state index is 14.6. The number of amides is 3. The van der Waals surface area contributed by atoms with Crippen molar-refractivity contribution in [2.75, 3.05) is 17.7 Å². The first-order chi connectivity index (χ1) is 17.7. The summed E-state index contributed by atoms with van der Waals surface area (Å²) in [6, 6.07) is 16.9. The van der Waals surface area contributed by atoms with Gasteiger partial charge in [0.2, 0.25) is 0 Å². The Morgan fingerprint density at radius 3 is 2.46 bits per heavy atom. The second-order valence-electron chi connectivity index (χ2n) is 8.62. The van der Waals surface area contributed by atoms with Crippen LogP contribution in [0.1, 0.15) is 41.5 Å². The standard InChI is InChI=1S/C27H27FN6O3/c1-16(2)21-15-23(34(33-21)19-7-5-6-17(3)14-19)32-27(36)31-18-8-10-20(11-9-18)37-22-12-13-30-25(24(22)28)26(35)29-4/h5-16H,1-4H3,(H,29,35)(H2,31,32,36). The fraction of sp³-hybridized carbons (Fsp3) is 0.185. The zero-order valence-corrected chi connectivity index (χ0v) is 20.9. The van der Waals surface area contributed by atoms with Gasteiger partial charge in [0.1, 0.15) is 11.6 Å². The van der Waals surface area contributed by atoms with Gasteiger partial charge in [-0.05, 0) is 54.8 Å². The maximum Gasteiger partial charge on any atom is 0.324 e. The molecule has 0 unspecified atom stereocenters. The summed E-state index contributed by atoms with van der Waals surface area (Å²) in [4.78, 5) is 28.3. The molecule has 2 heterocycles. The maximum absolute atomic E-state index is 14.6. The minimum Gasteiger partial charge on any atom is -0.454 e. The highest BCUT2D eigenvalue weighted by Crippen LogP contribution is 2.27. The van der Waals surface area contributed by atoms with Crippen LogP contribution in [0.25, 0.3) is 5.69 Å². The monoisotopic (exact) mass is 502 g/mol. The number of nitrogens with one attached hydrogen (secondary N) is 3. The highest BCUT2D eigenvalue weighted by molar-refractivity contribution is 5.99. The van der Waals surface area contributed by atoms with Gasteiger partial charge in [-0.2, -0.15) is 5.10 Å². The van der Waals surface area contributed by atoms with Crippen molar-refractivity contribution in [2.45, 2.75) is 26.7 Å². The van der Waals surface area contributed by atoms with Crippen molar-refractivity contribution < 1.29 is 18.7 Å². The normalized spacial score (nSPS) is 10.8. The van der Waals surface area contributed by atoms with Crippen molar-refractivity contribution in [3.05, 3.63) is 89.6 Å². The SMILES string of the molecule is CNC(=O)c1nccc(Oc2ccc(NC(=O)Nc3cc(C(C)C)nn3-c3cccc(C)c3)cc2)c1F. The van der Waals surface area contributed by atoms with Crippen molar-refractivity contribution in [2.24, 2.45) is 0 Å². The van der Waals surface area contributed by atoms with Crippen LogP contribution in [0.3, 0.4) is 0 Å². The number of benzene rings is 2. The number of anilines is 2. The molecule has 0 saturated heterocycles. The Bertz CT molecular complexity index is 1430. The molecular formula is C27H27FN6O3. The fourth-order valence-corrected chi connectivity index (χ4v) is 3.52. The van der Waals surface area contributed by atoms with E-state index in [1.807, 2.05) is 51.1 Å². The number of aromatic nitrogens is 3. The summed E-state index contributed by atoms with van der Waals surface area (Å²) >= 11 is 0. The predicted octanol–water partition coefficient (Wildman–Crippen LogP) is 5.63. The minimum absolute atomic E-state index is 0.141. The minimum atomic E-state index is -0.866. The number of carbonyl (C=O) groups excluding carboxylic acids is 2. The average Bonchev–Trinajstić information content (AvgIpc) is 3.30. The quantitative estimate of drug-likeness (QED) is 0.303. The summed E-state index contributed by atoms with van der Waals surface area (Å²) in [6.45, 7) is 6.06. The van der Waals surface area contributed by atoms with Crippen molar-refractivity contribution in [1.82, 2.24) is 20.1 Å². The molecule has 190 valence electrons. The van der Waals surface area contributed by atoms with Crippen LogP contribution in [-0.2, 0) is 0 Å². The molecule has 0 bridgehead atoms. The van der Waals surface area contributed by atoms with Crippen molar-refractivity contribution >= 4 is 23.4 Å². The smallest absolute Gasteiger partial charge is 0.324 e. The number of aryl methyl sites for hydroxylation is 1. The van der Waals surface area contributed by atoms with Gasteiger partial charge in [-0.25, -0.2) is 18.9 Å². The van der Waals surface area contributed by atoms with E-state index in [4.69, 9.17) is 4.74 Å². The van der Waals surface area contributed by atoms with Crippen LogP contribution in [0.5, 0.6) is 11.5 Å². The molecule has 4 aromatic rings. The number of hydrogen-bond acceptors (Lipinski definition) is 5. The lowest BCUT2D eigenvalue weighted by atomic mass is 10.1. The van der Waals surface area contributed by atoms with Gasteiger partial charge in [0.15, 0.2) is 17.3 Å². The molecule has 3 amide bonds. The van der Waals surface area contributed by atoms with E-state index in [-0.39, 0.29) is 17.4 Å². The summed E-state index contributed by atoms with van der Waals surface area (Å²) in [6.07, 6.45) is 1.29. The third-order valence-corrected chi connectivity index (χ3v) is 5.44. The van der Waals surface area contributed by atoms with E-state index in [1.165, 1.54) is 19.3 Å². The molecule has 0 aliphatic carbocycles. The van der Waals surface area contributed by atoms with E-state index in [0.29, 0.717) is 17.3 Å². The first kappa shape index (κ1) is 25.4. The Labute approximate surface area is 213 Å². The molecule has 9 nitrogen and oxygen atoms in total. The molecule has 0 spiro atoms.